The Balaban J connectivity index is 2.87. The largest absolute Gasteiger partial charge is 0.480 e. The first kappa shape index (κ1) is 19.0. The van der Waals surface area contributed by atoms with Gasteiger partial charge in [0.1, 0.15) is 6.04 Å². The van der Waals surface area contributed by atoms with Crippen LogP contribution in [-0.2, 0) is 14.8 Å². The Morgan fingerprint density at radius 1 is 1.22 bits per heavy atom. The summed E-state index contributed by atoms with van der Waals surface area (Å²) in [5.41, 5.74) is 0.470. The number of sulfonamides is 1. The molecule has 8 heteroatoms. The number of nitrogens with one attached hydrogen (secondary N) is 2. The summed E-state index contributed by atoms with van der Waals surface area (Å²) in [6.07, 6.45) is 1.42. The highest BCUT2D eigenvalue weighted by Gasteiger charge is 2.20. The summed E-state index contributed by atoms with van der Waals surface area (Å²) in [5.74, 6) is -1.66. The van der Waals surface area contributed by atoms with Crippen LogP contribution in [0.15, 0.2) is 24.3 Å². The Kier molecular flexibility index (Phi) is 7.02. The predicted octanol–water partition coefficient (Wildman–Crippen LogP) is 1.82. The molecule has 1 unspecified atom stereocenters. The summed E-state index contributed by atoms with van der Waals surface area (Å²) in [7, 11) is -3.45. The maximum Gasteiger partial charge on any atom is 0.326 e. The summed E-state index contributed by atoms with van der Waals surface area (Å²) in [4.78, 5) is 23.2. The SMILES string of the molecule is CCCC(NC(=O)c1cccc(NS(=O)(=O)CCC)c1)C(=O)O. The molecule has 1 amide bonds. The van der Waals surface area contributed by atoms with E-state index in [1.807, 2.05) is 6.92 Å². The van der Waals surface area contributed by atoms with Crippen molar-refractivity contribution in [3.63, 3.8) is 0 Å². The Hall–Kier alpha value is -2.09. The second kappa shape index (κ2) is 8.52. The number of rotatable bonds is 9. The Morgan fingerprint density at radius 2 is 1.91 bits per heavy atom. The third-order valence-corrected chi connectivity index (χ3v) is 4.54. The van der Waals surface area contributed by atoms with Crippen molar-refractivity contribution in [3.8, 4) is 0 Å². The van der Waals surface area contributed by atoms with Gasteiger partial charge in [0, 0.05) is 11.3 Å². The highest BCUT2D eigenvalue weighted by atomic mass is 32.2. The zero-order valence-electron chi connectivity index (χ0n) is 13.2. The molecule has 0 heterocycles. The molecular weight excluding hydrogens is 320 g/mol. The molecule has 1 aromatic rings. The molecule has 0 saturated heterocycles. The minimum absolute atomic E-state index is 0.0129. The average Bonchev–Trinajstić information content (AvgIpc) is 2.46. The molecule has 1 aromatic carbocycles. The first-order chi connectivity index (χ1) is 10.8. The summed E-state index contributed by atoms with van der Waals surface area (Å²) < 4.78 is 25.9. The molecule has 3 N–H and O–H groups in total. The second-order valence-corrected chi connectivity index (χ2v) is 7.00. The van der Waals surface area contributed by atoms with Gasteiger partial charge in [-0.3, -0.25) is 9.52 Å². The number of carboxylic acid groups (broad SMARTS) is 1. The van der Waals surface area contributed by atoms with Gasteiger partial charge in [-0.05, 0) is 31.0 Å². The minimum Gasteiger partial charge on any atom is -0.480 e. The number of carboxylic acids is 1. The highest BCUT2D eigenvalue weighted by Crippen LogP contribution is 2.13. The fourth-order valence-electron chi connectivity index (χ4n) is 2.01. The van der Waals surface area contributed by atoms with Crippen molar-refractivity contribution in [3.05, 3.63) is 29.8 Å². The molecule has 0 spiro atoms. The normalized spacial score (nSPS) is 12.4. The standard InChI is InChI=1S/C15H22N2O5S/c1-3-6-13(15(19)20)16-14(18)11-7-5-8-12(10-11)17-23(21,22)9-4-2/h5,7-8,10,13,17H,3-4,6,9H2,1-2H3,(H,16,18)(H,19,20). The monoisotopic (exact) mass is 342 g/mol. The van der Waals surface area contributed by atoms with Gasteiger partial charge >= 0.3 is 5.97 Å². The van der Waals surface area contributed by atoms with Gasteiger partial charge in [-0.15, -0.1) is 0 Å². The van der Waals surface area contributed by atoms with Crippen LogP contribution in [-0.4, -0.2) is 37.2 Å². The third kappa shape index (κ3) is 6.27. The zero-order valence-corrected chi connectivity index (χ0v) is 14.0. The van der Waals surface area contributed by atoms with E-state index < -0.39 is 27.9 Å². The lowest BCUT2D eigenvalue weighted by atomic mass is 10.1. The number of carbonyl (C=O) groups excluding carboxylic acids is 1. The smallest absolute Gasteiger partial charge is 0.326 e. The lowest BCUT2D eigenvalue weighted by Gasteiger charge is -2.14. The first-order valence-corrected chi connectivity index (χ1v) is 9.08. The van der Waals surface area contributed by atoms with Crippen molar-refractivity contribution in [2.24, 2.45) is 0 Å². The van der Waals surface area contributed by atoms with Gasteiger partial charge in [0.05, 0.1) is 5.75 Å². The van der Waals surface area contributed by atoms with Crippen LogP contribution in [0.3, 0.4) is 0 Å². The van der Waals surface area contributed by atoms with Crippen LogP contribution < -0.4 is 10.0 Å². The molecule has 0 aliphatic carbocycles. The van der Waals surface area contributed by atoms with Gasteiger partial charge in [-0.1, -0.05) is 26.3 Å². The van der Waals surface area contributed by atoms with Crippen molar-refractivity contribution >= 4 is 27.6 Å². The van der Waals surface area contributed by atoms with Gasteiger partial charge in [0.25, 0.3) is 5.91 Å². The van der Waals surface area contributed by atoms with Gasteiger partial charge < -0.3 is 10.4 Å². The van der Waals surface area contributed by atoms with Crippen LogP contribution in [0.4, 0.5) is 5.69 Å². The molecule has 0 saturated carbocycles. The molecule has 7 nitrogen and oxygen atoms in total. The van der Waals surface area contributed by atoms with E-state index in [9.17, 15) is 18.0 Å². The molecule has 0 fully saturated rings. The van der Waals surface area contributed by atoms with E-state index in [0.717, 1.165) is 0 Å². The second-order valence-electron chi connectivity index (χ2n) is 5.15. The van der Waals surface area contributed by atoms with Crippen LogP contribution in [0.5, 0.6) is 0 Å². The summed E-state index contributed by atoms with van der Waals surface area (Å²) in [5, 5.41) is 11.5. The molecule has 0 radical (unpaired) electrons. The summed E-state index contributed by atoms with van der Waals surface area (Å²) in [6.45, 7) is 3.58. The number of benzene rings is 1. The molecule has 23 heavy (non-hydrogen) atoms. The van der Waals surface area contributed by atoms with Crippen LogP contribution >= 0.6 is 0 Å². The van der Waals surface area contributed by atoms with Crippen molar-refractivity contribution in [1.29, 1.82) is 0 Å². The van der Waals surface area contributed by atoms with E-state index in [1.54, 1.807) is 6.92 Å². The fraction of sp³-hybridized carbons (Fsp3) is 0.467. The van der Waals surface area contributed by atoms with E-state index >= 15 is 0 Å². The third-order valence-electron chi connectivity index (χ3n) is 3.05. The average molecular weight is 342 g/mol. The summed E-state index contributed by atoms with van der Waals surface area (Å²) in [6, 6.07) is 4.98. The summed E-state index contributed by atoms with van der Waals surface area (Å²) >= 11 is 0. The van der Waals surface area contributed by atoms with Gasteiger partial charge in [0.2, 0.25) is 10.0 Å². The minimum atomic E-state index is -3.45. The maximum absolute atomic E-state index is 12.1. The Morgan fingerprint density at radius 3 is 2.48 bits per heavy atom. The molecular formula is C15H22N2O5S. The zero-order chi connectivity index (χ0) is 17.5. The molecule has 0 aliphatic rings. The van der Waals surface area contributed by atoms with Crippen molar-refractivity contribution < 1.29 is 23.1 Å². The first-order valence-electron chi connectivity index (χ1n) is 7.43. The molecule has 1 rings (SSSR count). The maximum atomic E-state index is 12.1. The Bertz CT molecular complexity index is 658. The van der Waals surface area contributed by atoms with Crippen LogP contribution in [0.2, 0.25) is 0 Å². The van der Waals surface area contributed by atoms with E-state index in [2.05, 4.69) is 10.0 Å². The molecule has 0 aliphatic heterocycles. The van der Waals surface area contributed by atoms with Crippen molar-refractivity contribution in [1.82, 2.24) is 5.32 Å². The van der Waals surface area contributed by atoms with Crippen molar-refractivity contribution in [2.45, 2.75) is 39.2 Å². The van der Waals surface area contributed by atoms with Gasteiger partial charge in [-0.25, -0.2) is 13.2 Å². The molecule has 1 atom stereocenters. The van der Waals surface area contributed by atoms with E-state index in [4.69, 9.17) is 5.11 Å². The van der Waals surface area contributed by atoms with Crippen molar-refractivity contribution in [2.75, 3.05) is 10.5 Å². The number of amides is 1. The number of hydrogen-bond acceptors (Lipinski definition) is 4. The van der Waals surface area contributed by atoms with Gasteiger partial charge in [-0.2, -0.15) is 0 Å². The number of carbonyl (C=O) groups is 2. The number of anilines is 1. The number of hydrogen-bond donors (Lipinski definition) is 3. The lowest BCUT2D eigenvalue weighted by molar-refractivity contribution is -0.139. The lowest BCUT2D eigenvalue weighted by Crippen LogP contribution is -2.40. The van der Waals surface area contributed by atoms with Crippen LogP contribution in [0.25, 0.3) is 0 Å². The fourth-order valence-corrected chi connectivity index (χ4v) is 3.14. The molecule has 0 aromatic heterocycles. The highest BCUT2D eigenvalue weighted by molar-refractivity contribution is 7.92. The molecule has 0 bridgehead atoms. The van der Waals surface area contributed by atoms with E-state index in [1.165, 1.54) is 24.3 Å². The predicted molar refractivity (Wildman–Crippen MR) is 87.9 cm³/mol. The molecule has 128 valence electrons. The van der Waals surface area contributed by atoms with Crippen LogP contribution in [0, 0.1) is 0 Å². The van der Waals surface area contributed by atoms with E-state index in [0.29, 0.717) is 19.3 Å². The number of aliphatic carboxylic acids is 1. The Labute approximate surface area is 136 Å². The van der Waals surface area contributed by atoms with E-state index in [-0.39, 0.29) is 17.0 Å². The quantitative estimate of drug-likeness (QED) is 0.633. The topological polar surface area (TPSA) is 113 Å². The van der Waals surface area contributed by atoms with Crippen LogP contribution in [0.1, 0.15) is 43.5 Å². The van der Waals surface area contributed by atoms with Gasteiger partial charge in [0.15, 0.2) is 0 Å².